The molecule has 0 unspecified atom stereocenters. The average molecular weight is 328 g/mol. The number of likely N-dealkylation sites (N-methyl/N-ethyl adjacent to an activating group) is 1. The monoisotopic (exact) mass is 328 g/mol. The zero-order valence-electron chi connectivity index (χ0n) is 12.9. The molecule has 2 aromatic heterocycles. The van der Waals surface area contributed by atoms with Gasteiger partial charge in [-0.15, -0.1) is 16.4 Å². The molecule has 0 aliphatic carbocycles. The van der Waals surface area contributed by atoms with Crippen molar-refractivity contribution in [3.05, 3.63) is 52.2 Å². The van der Waals surface area contributed by atoms with Gasteiger partial charge in [-0.3, -0.25) is 4.79 Å². The molecular weight excluding hydrogens is 312 g/mol. The van der Waals surface area contributed by atoms with Crippen LogP contribution in [0.3, 0.4) is 0 Å². The Bertz CT molecular complexity index is 781. The van der Waals surface area contributed by atoms with Gasteiger partial charge < -0.3 is 4.90 Å². The second-order valence-electron chi connectivity index (χ2n) is 5.21. The van der Waals surface area contributed by atoms with Gasteiger partial charge in [-0.05, 0) is 35.0 Å². The lowest BCUT2D eigenvalue weighted by molar-refractivity contribution is -0.129. The highest BCUT2D eigenvalue weighted by Gasteiger charge is 2.12. The standard InChI is InChI=1S/C15H16N6OS/c1-11-17-13(9-23-11)8-20(2)15(22)7-12-3-5-14(6-4-12)21-10-16-18-19-21/h3-6,9-10H,7-8H2,1-2H3. The van der Waals surface area contributed by atoms with Crippen LogP contribution in [-0.2, 0) is 17.8 Å². The van der Waals surface area contributed by atoms with Gasteiger partial charge in [0.05, 0.1) is 29.4 Å². The Morgan fingerprint density at radius 1 is 1.30 bits per heavy atom. The Hall–Kier alpha value is -2.61. The number of tetrazole rings is 1. The number of benzene rings is 1. The number of amides is 1. The fourth-order valence-electron chi connectivity index (χ4n) is 2.17. The molecule has 0 bridgehead atoms. The number of hydrogen-bond acceptors (Lipinski definition) is 6. The fraction of sp³-hybridized carbons (Fsp3) is 0.267. The molecule has 0 N–H and O–H groups in total. The van der Waals surface area contributed by atoms with Crippen LogP contribution in [0.2, 0.25) is 0 Å². The Morgan fingerprint density at radius 2 is 2.09 bits per heavy atom. The molecule has 1 amide bonds. The van der Waals surface area contributed by atoms with Gasteiger partial charge in [-0.1, -0.05) is 12.1 Å². The van der Waals surface area contributed by atoms with E-state index in [0.717, 1.165) is 22.0 Å². The second-order valence-corrected chi connectivity index (χ2v) is 6.27. The van der Waals surface area contributed by atoms with Gasteiger partial charge in [-0.2, -0.15) is 0 Å². The van der Waals surface area contributed by atoms with Crippen LogP contribution in [0.15, 0.2) is 36.0 Å². The molecule has 0 atom stereocenters. The number of thiazole rings is 1. The number of carbonyl (C=O) groups excluding carboxylic acids is 1. The van der Waals surface area contributed by atoms with Crippen molar-refractivity contribution in [2.75, 3.05) is 7.05 Å². The van der Waals surface area contributed by atoms with E-state index in [1.165, 1.54) is 6.33 Å². The predicted octanol–water partition coefficient (Wildman–Crippen LogP) is 1.63. The van der Waals surface area contributed by atoms with Crippen molar-refractivity contribution < 1.29 is 4.79 Å². The van der Waals surface area contributed by atoms with Crippen molar-refractivity contribution in [1.82, 2.24) is 30.1 Å². The summed E-state index contributed by atoms with van der Waals surface area (Å²) < 4.78 is 1.57. The van der Waals surface area contributed by atoms with Crippen LogP contribution in [0.1, 0.15) is 16.3 Å². The van der Waals surface area contributed by atoms with Gasteiger partial charge in [-0.25, -0.2) is 9.67 Å². The highest BCUT2D eigenvalue weighted by molar-refractivity contribution is 7.09. The molecule has 2 heterocycles. The van der Waals surface area contributed by atoms with E-state index in [9.17, 15) is 4.79 Å². The molecule has 3 rings (SSSR count). The summed E-state index contributed by atoms with van der Waals surface area (Å²) in [5.41, 5.74) is 2.74. The predicted molar refractivity (Wildman–Crippen MR) is 86.2 cm³/mol. The van der Waals surface area contributed by atoms with Gasteiger partial charge in [0.15, 0.2) is 0 Å². The van der Waals surface area contributed by atoms with Gasteiger partial charge in [0, 0.05) is 12.4 Å². The van der Waals surface area contributed by atoms with E-state index in [2.05, 4.69) is 20.5 Å². The van der Waals surface area contributed by atoms with E-state index in [1.807, 2.05) is 36.6 Å². The van der Waals surface area contributed by atoms with Gasteiger partial charge in [0.1, 0.15) is 6.33 Å². The van der Waals surface area contributed by atoms with Crippen LogP contribution < -0.4 is 0 Å². The third-order valence-corrected chi connectivity index (χ3v) is 4.22. The average Bonchev–Trinajstić information content (AvgIpc) is 3.20. The highest BCUT2D eigenvalue weighted by atomic mass is 32.1. The van der Waals surface area contributed by atoms with Crippen LogP contribution in [0.25, 0.3) is 5.69 Å². The van der Waals surface area contributed by atoms with E-state index in [4.69, 9.17) is 0 Å². The summed E-state index contributed by atoms with van der Waals surface area (Å²) >= 11 is 1.59. The molecule has 0 radical (unpaired) electrons. The summed E-state index contributed by atoms with van der Waals surface area (Å²) in [6.45, 7) is 2.49. The molecule has 0 saturated heterocycles. The normalized spacial score (nSPS) is 10.7. The van der Waals surface area contributed by atoms with Gasteiger partial charge >= 0.3 is 0 Å². The van der Waals surface area contributed by atoms with Crippen molar-refractivity contribution in [3.63, 3.8) is 0 Å². The van der Waals surface area contributed by atoms with Crippen LogP contribution in [0, 0.1) is 6.92 Å². The minimum atomic E-state index is 0.0609. The molecule has 0 aliphatic heterocycles. The lowest BCUT2D eigenvalue weighted by atomic mass is 10.1. The fourth-order valence-corrected chi connectivity index (χ4v) is 2.77. The Labute approximate surface area is 137 Å². The summed E-state index contributed by atoms with van der Waals surface area (Å²) in [5.74, 6) is 0.0609. The van der Waals surface area contributed by atoms with Crippen molar-refractivity contribution in [2.24, 2.45) is 0 Å². The first-order valence-electron chi connectivity index (χ1n) is 7.09. The number of hydrogen-bond donors (Lipinski definition) is 0. The van der Waals surface area contributed by atoms with Crippen molar-refractivity contribution in [3.8, 4) is 5.69 Å². The zero-order chi connectivity index (χ0) is 16.2. The lowest BCUT2D eigenvalue weighted by Gasteiger charge is -2.16. The zero-order valence-corrected chi connectivity index (χ0v) is 13.7. The first-order valence-corrected chi connectivity index (χ1v) is 7.97. The second kappa shape index (κ2) is 6.66. The van der Waals surface area contributed by atoms with E-state index in [0.29, 0.717) is 13.0 Å². The SMILES string of the molecule is Cc1nc(CN(C)C(=O)Cc2ccc(-n3cnnn3)cc2)cs1. The largest absolute Gasteiger partial charge is 0.340 e. The topological polar surface area (TPSA) is 76.8 Å². The van der Waals surface area contributed by atoms with Crippen LogP contribution in [0.4, 0.5) is 0 Å². The third kappa shape index (κ3) is 3.78. The third-order valence-electron chi connectivity index (χ3n) is 3.40. The number of aryl methyl sites for hydroxylation is 1. The van der Waals surface area contributed by atoms with E-state index >= 15 is 0 Å². The number of rotatable bonds is 5. The van der Waals surface area contributed by atoms with Crippen molar-refractivity contribution in [1.29, 1.82) is 0 Å². The van der Waals surface area contributed by atoms with Gasteiger partial charge in [0.25, 0.3) is 0 Å². The van der Waals surface area contributed by atoms with Crippen LogP contribution in [-0.4, -0.2) is 43.0 Å². The molecule has 0 fully saturated rings. The molecule has 23 heavy (non-hydrogen) atoms. The molecule has 8 heteroatoms. The maximum atomic E-state index is 12.3. The van der Waals surface area contributed by atoms with Crippen LogP contribution in [0.5, 0.6) is 0 Å². The highest BCUT2D eigenvalue weighted by Crippen LogP contribution is 2.12. The lowest BCUT2D eigenvalue weighted by Crippen LogP contribution is -2.27. The minimum absolute atomic E-state index is 0.0609. The summed E-state index contributed by atoms with van der Waals surface area (Å²) in [4.78, 5) is 18.4. The first kappa shape index (κ1) is 15.3. The quantitative estimate of drug-likeness (QED) is 0.711. The molecule has 0 saturated carbocycles. The molecular formula is C15H16N6OS. The molecule has 7 nitrogen and oxygen atoms in total. The smallest absolute Gasteiger partial charge is 0.227 e. The van der Waals surface area contributed by atoms with Gasteiger partial charge in [0.2, 0.25) is 5.91 Å². The number of carbonyl (C=O) groups is 1. The number of nitrogens with zero attached hydrogens (tertiary/aromatic N) is 6. The van der Waals surface area contributed by atoms with Crippen molar-refractivity contribution in [2.45, 2.75) is 19.9 Å². The Balaban J connectivity index is 1.61. The summed E-state index contributed by atoms with van der Waals surface area (Å²) in [6.07, 6.45) is 1.89. The Morgan fingerprint density at radius 3 is 2.70 bits per heavy atom. The molecule has 1 aromatic carbocycles. The molecule has 3 aromatic rings. The maximum absolute atomic E-state index is 12.3. The van der Waals surface area contributed by atoms with Crippen LogP contribution >= 0.6 is 11.3 Å². The molecule has 0 aliphatic rings. The van der Waals surface area contributed by atoms with E-state index in [-0.39, 0.29) is 5.91 Å². The van der Waals surface area contributed by atoms with E-state index in [1.54, 1.807) is 28.0 Å². The maximum Gasteiger partial charge on any atom is 0.227 e. The number of aromatic nitrogens is 5. The van der Waals surface area contributed by atoms with Crippen molar-refractivity contribution >= 4 is 17.2 Å². The summed E-state index contributed by atoms with van der Waals surface area (Å²) in [7, 11) is 1.80. The van der Waals surface area contributed by atoms with E-state index < -0.39 is 0 Å². The molecule has 118 valence electrons. The molecule has 0 spiro atoms. The minimum Gasteiger partial charge on any atom is -0.340 e. The summed E-state index contributed by atoms with van der Waals surface area (Å²) in [6, 6.07) is 7.61. The Kier molecular flexibility index (Phi) is 4.42. The first-order chi connectivity index (χ1) is 11.1. The summed E-state index contributed by atoms with van der Waals surface area (Å²) in [5, 5.41) is 14.0.